The highest BCUT2D eigenvalue weighted by molar-refractivity contribution is 7.21. The number of aryl methyl sites for hydroxylation is 1. The standard InChI is InChI=1S/C28H23ClN2O4S/c1-12(2)14-7-8-15-19(11-14)35-28(34)16-5-4-6-18(30)21(16)25(32)27(15,28)17-9-13(3)10-20-22(17)23(29)24(36-20)26(31)33/h4-12,34H,30H2,1-3H3,(H2,31,33). The Hall–Kier alpha value is -3.39. The molecule has 1 aromatic heterocycles. The molecule has 0 bridgehead atoms. The molecule has 1 amide bonds. The number of halogens is 1. The lowest BCUT2D eigenvalue weighted by Crippen LogP contribution is -2.49. The van der Waals surface area contributed by atoms with Crippen molar-refractivity contribution in [3.63, 3.8) is 0 Å². The van der Waals surface area contributed by atoms with Crippen LogP contribution in [0, 0.1) is 6.92 Å². The number of aliphatic hydroxyl groups is 1. The fraction of sp³-hybridized carbons (Fsp3) is 0.214. The largest absolute Gasteiger partial charge is 0.456 e. The van der Waals surface area contributed by atoms with Crippen LogP contribution < -0.4 is 16.2 Å². The summed E-state index contributed by atoms with van der Waals surface area (Å²) in [5.74, 6) is -2.50. The number of nitrogens with two attached hydrogens (primary N) is 2. The molecule has 2 aliphatic rings. The summed E-state index contributed by atoms with van der Waals surface area (Å²) in [7, 11) is 0. The molecule has 6 rings (SSSR count). The Balaban J connectivity index is 1.80. The van der Waals surface area contributed by atoms with Gasteiger partial charge in [-0.05, 0) is 47.7 Å². The van der Waals surface area contributed by atoms with Crippen LogP contribution >= 0.6 is 22.9 Å². The molecule has 0 spiro atoms. The van der Waals surface area contributed by atoms with E-state index < -0.39 is 17.1 Å². The molecule has 5 N–H and O–H groups in total. The van der Waals surface area contributed by atoms with Crippen molar-refractivity contribution >= 4 is 50.4 Å². The quantitative estimate of drug-likeness (QED) is 0.314. The Morgan fingerprint density at radius 1 is 1.11 bits per heavy atom. The SMILES string of the molecule is Cc1cc(C23C(=O)c4c(N)cccc4C2(O)Oc2cc(C(C)C)ccc23)c2c(Cl)c(C(N)=O)sc2c1. The van der Waals surface area contributed by atoms with Crippen LogP contribution in [-0.2, 0) is 11.2 Å². The third kappa shape index (κ3) is 2.60. The molecule has 2 atom stereocenters. The highest BCUT2D eigenvalue weighted by Gasteiger charge is 2.72. The average molecular weight is 519 g/mol. The van der Waals surface area contributed by atoms with Crippen molar-refractivity contribution in [2.45, 2.75) is 37.9 Å². The summed E-state index contributed by atoms with van der Waals surface area (Å²) in [6.45, 7) is 6.00. The normalized spacial score (nSPS) is 22.0. The lowest BCUT2D eigenvalue weighted by atomic mass is 9.67. The van der Waals surface area contributed by atoms with E-state index in [2.05, 4.69) is 13.8 Å². The summed E-state index contributed by atoms with van der Waals surface area (Å²) in [5, 5.41) is 13.1. The van der Waals surface area contributed by atoms with Crippen LogP contribution in [0.2, 0.25) is 5.02 Å². The van der Waals surface area contributed by atoms with E-state index >= 15 is 0 Å². The van der Waals surface area contributed by atoms with Crippen molar-refractivity contribution in [3.05, 3.63) is 91.8 Å². The Bertz CT molecular complexity index is 1660. The number of fused-ring (bicyclic) bond motifs is 6. The fourth-order valence-corrected chi connectivity index (χ4v) is 7.31. The molecule has 2 unspecified atom stereocenters. The van der Waals surface area contributed by atoms with E-state index in [0.717, 1.165) is 22.5 Å². The number of ketones is 1. The van der Waals surface area contributed by atoms with E-state index in [1.165, 1.54) is 0 Å². The molecule has 8 heteroatoms. The number of primary amides is 1. The van der Waals surface area contributed by atoms with Crippen LogP contribution in [-0.4, -0.2) is 16.8 Å². The van der Waals surface area contributed by atoms with Crippen molar-refractivity contribution in [1.29, 1.82) is 0 Å². The molecule has 182 valence electrons. The van der Waals surface area contributed by atoms with Gasteiger partial charge in [0, 0.05) is 26.9 Å². The van der Waals surface area contributed by atoms with Gasteiger partial charge in [0.25, 0.3) is 11.7 Å². The first-order chi connectivity index (χ1) is 17.0. The zero-order chi connectivity index (χ0) is 25.7. The third-order valence-corrected chi connectivity index (χ3v) is 9.02. The maximum atomic E-state index is 14.6. The smallest absolute Gasteiger partial charge is 0.260 e. The maximum absolute atomic E-state index is 14.6. The molecule has 3 aromatic carbocycles. The minimum absolute atomic E-state index is 0.151. The third-order valence-electron chi connectivity index (χ3n) is 7.38. The summed E-state index contributed by atoms with van der Waals surface area (Å²) < 4.78 is 7.03. The van der Waals surface area contributed by atoms with Crippen molar-refractivity contribution in [2.24, 2.45) is 5.73 Å². The Morgan fingerprint density at radius 3 is 2.56 bits per heavy atom. The number of hydrogen-bond donors (Lipinski definition) is 3. The topological polar surface area (TPSA) is 116 Å². The van der Waals surface area contributed by atoms with Gasteiger partial charge >= 0.3 is 0 Å². The van der Waals surface area contributed by atoms with E-state index in [4.69, 9.17) is 27.8 Å². The number of carbonyl (C=O) groups excluding carboxylic acids is 2. The number of thiophene rings is 1. The van der Waals surface area contributed by atoms with Crippen LogP contribution in [0.3, 0.4) is 0 Å². The molecule has 4 aromatic rings. The minimum Gasteiger partial charge on any atom is -0.456 e. The van der Waals surface area contributed by atoms with Gasteiger partial charge in [-0.2, -0.15) is 0 Å². The number of carbonyl (C=O) groups is 2. The van der Waals surface area contributed by atoms with Crippen molar-refractivity contribution in [2.75, 3.05) is 5.73 Å². The summed E-state index contributed by atoms with van der Waals surface area (Å²) in [4.78, 5) is 26.9. The van der Waals surface area contributed by atoms with E-state index in [-0.39, 0.29) is 32.9 Å². The van der Waals surface area contributed by atoms with Crippen LogP contribution in [0.5, 0.6) is 5.75 Å². The zero-order valence-corrected chi connectivity index (χ0v) is 21.4. The second-order valence-electron chi connectivity index (χ2n) is 9.80. The molecular weight excluding hydrogens is 496 g/mol. The van der Waals surface area contributed by atoms with Crippen molar-refractivity contribution in [3.8, 4) is 5.75 Å². The second-order valence-corrected chi connectivity index (χ2v) is 11.2. The Kier molecular flexibility index (Phi) is 4.68. The molecule has 2 heterocycles. The number of anilines is 1. The van der Waals surface area contributed by atoms with E-state index in [9.17, 15) is 14.7 Å². The lowest BCUT2D eigenvalue weighted by molar-refractivity contribution is -0.154. The lowest BCUT2D eigenvalue weighted by Gasteiger charge is -2.35. The highest BCUT2D eigenvalue weighted by atomic mass is 35.5. The fourth-order valence-electron chi connectivity index (χ4n) is 5.77. The van der Waals surface area contributed by atoms with E-state index in [1.54, 1.807) is 18.2 Å². The predicted molar refractivity (Wildman–Crippen MR) is 141 cm³/mol. The van der Waals surface area contributed by atoms with Gasteiger partial charge in [0.05, 0.1) is 10.6 Å². The number of rotatable bonds is 3. The van der Waals surface area contributed by atoms with E-state index in [1.807, 2.05) is 37.3 Å². The van der Waals surface area contributed by atoms with Gasteiger partial charge in [-0.1, -0.05) is 55.8 Å². The van der Waals surface area contributed by atoms with Crippen LogP contribution in [0.15, 0.2) is 48.5 Å². The van der Waals surface area contributed by atoms with Gasteiger partial charge in [-0.3, -0.25) is 9.59 Å². The molecule has 0 fully saturated rings. The first kappa shape index (κ1) is 23.0. The highest BCUT2D eigenvalue weighted by Crippen LogP contribution is 2.64. The van der Waals surface area contributed by atoms with Gasteiger partial charge in [0.2, 0.25) is 0 Å². The van der Waals surface area contributed by atoms with Crippen molar-refractivity contribution in [1.82, 2.24) is 0 Å². The molecular formula is C28H23ClN2O4S. The molecule has 6 nitrogen and oxygen atoms in total. The Labute approximate surface area is 216 Å². The maximum Gasteiger partial charge on any atom is 0.260 e. The number of Topliss-reactive ketones (excluding diaryl/α,β-unsaturated/α-hetero) is 1. The molecule has 0 saturated carbocycles. The van der Waals surface area contributed by atoms with Crippen LogP contribution in [0.4, 0.5) is 5.69 Å². The number of amides is 1. The second kappa shape index (κ2) is 7.32. The first-order valence-electron chi connectivity index (χ1n) is 11.5. The summed E-state index contributed by atoms with van der Waals surface area (Å²) in [5.41, 5.74) is 13.8. The van der Waals surface area contributed by atoms with Crippen LogP contribution in [0.1, 0.15) is 67.6 Å². The Morgan fingerprint density at radius 2 is 1.86 bits per heavy atom. The summed E-state index contributed by atoms with van der Waals surface area (Å²) in [6.07, 6.45) is 0. The molecule has 0 saturated heterocycles. The number of ether oxygens (including phenoxy) is 1. The van der Waals surface area contributed by atoms with Crippen molar-refractivity contribution < 1.29 is 19.4 Å². The molecule has 1 aliphatic heterocycles. The van der Waals surface area contributed by atoms with Crippen LogP contribution in [0.25, 0.3) is 10.1 Å². The van der Waals surface area contributed by atoms with Gasteiger partial charge < -0.3 is 21.3 Å². The average Bonchev–Trinajstić information content (AvgIpc) is 3.36. The number of hydrogen-bond acceptors (Lipinski definition) is 6. The summed E-state index contributed by atoms with van der Waals surface area (Å²) >= 11 is 7.92. The minimum atomic E-state index is -2.08. The summed E-state index contributed by atoms with van der Waals surface area (Å²) in [6, 6.07) is 14.3. The first-order valence-corrected chi connectivity index (χ1v) is 12.7. The zero-order valence-electron chi connectivity index (χ0n) is 19.8. The van der Waals surface area contributed by atoms with E-state index in [0.29, 0.717) is 32.5 Å². The molecule has 0 radical (unpaired) electrons. The van der Waals surface area contributed by atoms with Gasteiger partial charge in [0.1, 0.15) is 10.6 Å². The molecule has 1 aliphatic carbocycles. The monoisotopic (exact) mass is 518 g/mol. The number of benzene rings is 3. The van der Waals surface area contributed by atoms with Gasteiger partial charge in [-0.25, -0.2) is 0 Å². The van der Waals surface area contributed by atoms with Gasteiger partial charge in [-0.15, -0.1) is 11.3 Å². The molecule has 36 heavy (non-hydrogen) atoms. The van der Waals surface area contributed by atoms with Gasteiger partial charge in [0.15, 0.2) is 11.2 Å². The predicted octanol–water partition coefficient (Wildman–Crippen LogP) is 5.39. The number of nitrogen functional groups attached to an aromatic ring is 1.